The normalized spacial score (nSPS) is 16.2. The van der Waals surface area contributed by atoms with Crippen LogP contribution < -0.4 is 9.47 Å². The molecule has 4 heteroatoms. The summed E-state index contributed by atoms with van der Waals surface area (Å²) in [7, 11) is 3.40. The van der Waals surface area contributed by atoms with E-state index in [1.807, 2.05) is 24.3 Å². The maximum absolute atomic E-state index is 5.25. The van der Waals surface area contributed by atoms with Gasteiger partial charge in [-0.25, -0.2) is 0 Å². The van der Waals surface area contributed by atoms with Crippen molar-refractivity contribution in [3.05, 3.63) is 59.7 Å². The van der Waals surface area contributed by atoms with Crippen LogP contribution in [0.25, 0.3) is 0 Å². The highest BCUT2D eigenvalue weighted by Crippen LogP contribution is 2.23. The van der Waals surface area contributed by atoms with Crippen LogP contribution in [0.5, 0.6) is 11.5 Å². The average molecular weight is 353 g/mol. The fourth-order valence-corrected chi connectivity index (χ4v) is 3.59. The summed E-state index contributed by atoms with van der Waals surface area (Å²) < 4.78 is 12.9. The van der Waals surface area contributed by atoms with Crippen LogP contribution in [0.3, 0.4) is 0 Å². The van der Waals surface area contributed by atoms with E-state index in [1.54, 1.807) is 14.2 Å². The van der Waals surface area contributed by atoms with E-state index in [1.165, 1.54) is 11.1 Å². The van der Waals surface area contributed by atoms with Gasteiger partial charge in [-0.3, -0.25) is 9.48 Å². The van der Waals surface area contributed by atoms with Crippen LogP contribution in [0.2, 0.25) is 0 Å². The predicted octanol–water partition coefficient (Wildman–Crippen LogP) is 3.79. The summed E-state index contributed by atoms with van der Waals surface area (Å²) >= 11 is 0. The zero-order chi connectivity index (χ0) is 18.6. The summed E-state index contributed by atoms with van der Waals surface area (Å²) in [4.78, 5) is 2.41. The van der Waals surface area contributed by atoms with Gasteiger partial charge in [-0.15, -0.1) is 0 Å². The minimum absolute atomic E-state index is 0.244. The highest BCUT2D eigenvalue weighted by atomic mass is 16.5. The lowest BCUT2D eigenvalue weighted by atomic mass is 9.91. The Labute approximate surface area is 156 Å². The van der Waals surface area contributed by atoms with Crippen molar-refractivity contribution in [2.24, 2.45) is 5.41 Å². The van der Waals surface area contributed by atoms with E-state index in [0.29, 0.717) is 0 Å². The fourth-order valence-electron chi connectivity index (χ4n) is 3.59. The highest BCUT2D eigenvalue weighted by Gasteiger charge is 2.32. The topological polar surface area (TPSA) is 24.7 Å². The second-order valence-corrected chi connectivity index (χ2v) is 7.79. The molecule has 0 amide bonds. The summed E-state index contributed by atoms with van der Waals surface area (Å²) in [6.07, 6.45) is 2.28. The van der Waals surface area contributed by atoms with Gasteiger partial charge in [0.1, 0.15) is 24.6 Å². The number of ether oxygens (including phenoxy) is 2. The Kier molecular flexibility index (Phi) is 5.50. The Morgan fingerprint density at radius 2 is 1.42 bits per heavy atom. The molecule has 138 valence electrons. The van der Waals surface area contributed by atoms with Crippen LogP contribution in [0.1, 0.15) is 25.0 Å². The minimum atomic E-state index is 0.244. The van der Waals surface area contributed by atoms with E-state index in [0.717, 1.165) is 37.7 Å². The fraction of sp³-hybridized carbons (Fsp3) is 0.409. The lowest BCUT2D eigenvalue weighted by Crippen LogP contribution is -2.46. The van der Waals surface area contributed by atoms with E-state index < -0.39 is 0 Å². The molecule has 0 radical (unpaired) electrons. The molecule has 0 fully saturated rings. The van der Waals surface area contributed by atoms with Crippen molar-refractivity contribution in [2.45, 2.75) is 26.9 Å². The second-order valence-electron chi connectivity index (χ2n) is 7.79. The van der Waals surface area contributed by atoms with Crippen LogP contribution in [-0.2, 0) is 13.1 Å². The highest BCUT2D eigenvalue weighted by molar-refractivity contribution is 5.50. The van der Waals surface area contributed by atoms with E-state index in [9.17, 15) is 0 Å². The van der Waals surface area contributed by atoms with Gasteiger partial charge < -0.3 is 9.47 Å². The van der Waals surface area contributed by atoms with Crippen LogP contribution in [0.4, 0.5) is 0 Å². The first kappa shape index (κ1) is 18.3. The Morgan fingerprint density at radius 1 is 0.885 bits per heavy atom. The van der Waals surface area contributed by atoms with Crippen LogP contribution in [0.15, 0.2) is 48.5 Å². The van der Waals surface area contributed by atoms with Crippen LogP contribution >= 0.6 is 0 Å². The molecule has 0 saturated heterocycles. The SMILES string of the molecule is COc1ccc(CN2C=[N+](Cc3ccc(OC)cc3)CC(C)(C)C2)cc1. The van der Waals surface area contributed by atoms with Gasteiger partial charge in [0, 0.05) is 5.41 Å². The van der Waals surface area contributed by atoms with E-state index in [4.69, 9.17) is 9.47 Å². The van der Waals surface area contributed by atoms with Crippen molar-refractivity contribution >= 4 is 6.34 Å². The Morgan fingerprint density at radius 3 is 1.96 bits per heavy atom. The summed E-state index contributed by atoms with van der Waals surface area (Å²) in [6, 6.07) is 16.7. The number of hydrogen-bond donors (Lipinski definition) is 0. The van der Waals surface area contributed by atoms with Crippen LogP contribution in [-0.4, -0.2) is 43.1 Å². The van der Waals surface area contributed by atoms with Crippen molar-refractivity contribution in [3.8, 4) is 11.5 Å². The van der Waals surface area contributed by atoms with Crippen molar-refractivity contribution in [2.75, 3.05) is 27.3 Å². The molecule has 1 aliphatic rings. The Bertz CT molecular complexity index is 749. The number of rotatable bonds is 6. The lowest BCUT2D eigenvalue weighted by Gasteiger charge is -2.32. The third-order valence-electron chi connectivity index (χ3n) is 4.68. The van der Waals surface area contributed by atoms with E-state index in [2.05, 4.69) is 53.9 Å². The summed E-state index contributed by atoms with van der Waals surface area (Å²) in [5.74, 6) is 1.80. The molecular formula is C22H29N2O2+. The molecule has 4 nitrogen and oxygen atoms in total. The molecule has 3 rings (SSSR count). The summed E-state index contributed by atoms with van der Waals surface area (Å²) in [5, 5.41) is 0. The van der Waals surface area contributed by atoms with E-state index >= 15 is 0 Å². The monoisotopic (exact) mass is 353 g/mol. The summed E-state index contributed by atoms with van der Waals surface area (Å²) in [6.45, 7) is 8.60. The first-order chi connectivity index (χ1) is 12.5. The molecule has 0 N–H and O–H groups in total. The van der Waals surface area contributed by atoms with Crippen LogP contribution in [0, 0.1) is 5.41 Å². The molecule has 2 aromatic rings. The quantitative estimate of drug-likeness (QED) is 0.739. The first-order valence-corrected chi connectivity index (χ1v) is 9.06. The van der Waals surface area contributed by atoms with Gasteiger partial charge in [0.05, 0.1) is 27.3 Å². The number of benzene rings is 2. The number of hydrogen-bond acceptors (Lipinski definition) is 3. The summed E-state index contributed by atoms with van der Waals surface area (Å²) in [5.41, 5.74) is 2.83. The Balaban J connectivity index is 1.73. The minimum Gasteiger partial charge on any atom is -0.497 e. The lowest BCUT2D eigenvalue weighted by molar-refractivity contribution is -0.563. The zero-order valence-electron chi connectivity index (χ0n) is 16.2. The molecule has 0 bridgehead atoms. The molecule has 0 saturated carbocycles. The molecule has 0 aliphatic carbocycles. The van der Waals surface area contributed by atoms with Crippen molar-refractivity contribution < 1.29 is 14.0 Å². The average Bonchev–Trinajstić information content (AvgIpc) is 2.61. The van der Waals surface area contributed by atoms with Crippen molar-refractivity contribution in [1.29, 1.82) is 0 Å². The molecular weight excluding hydrogens is 324 g/mol. The molecule has 2 aromatic carbocycles. The third kappa shape index (κ3) is 4.78. The molecule has 0 aromatic heterocycles. The zero-order valence-corrected chi connectivity index (χ0v) is 16.2. The van der Waals surface area contributed by atoms with E-state index in [-0.39, 0.29) is 5.41 Å². The van der Waals surface area contributed by atoms with Gasteiger partial charge in [-0.05, 0) is 35.4 Å². The van der Waals surface area contributed by atoms with Gasteiger partial charge in [0.25, 0.3) is 0 Å². The molecule has 0 atom stereocenters. The standard InChI is InChI=1S/C22H29N2O2/c1-22(2)15-23(13-18-5-9-20(25-3)10-6-18)17-24(16-22)14-19-7-11-21(26-4)12-8-19/h5-12,17H,13-16H2,1-4H3/q+1. The maximum atomic E-state index is 5.25. The van der Waals surface area contributed by atoms with Gasteiger partial charge in [0.15, 0.2) is 0 Å². The molecule has 26 heavy (non-hydrogen) atoms. The maximum Gasteiger partial charge on any atom is 0.234 e. The number of methoxy groups -OCH3 is 2. The molecule has 1 heterocycles. The molecule has 1 aliphatic heterocycles. The largest absolute Gasteiger partial charge is 0.497 e. The molecule has 0 unspecified atom stereocenters. The van der Waals surface area contributed by atoms with Gasteiger partial charge in [0.2, 0.25) is 6.34 Å². The second kappa shape index (κ2) is 7.81. The number of nitrogens with zero attached hydrogens (tertiary/aromatic N) is 2. The smallest absolute Gasteiger partial charge is 0.234 e. The predicted molar refractivity (Wildman–Crippen MR) is 105 cm³/mol. The Hall–Kier alpha value is -2.49. The van der Waals surface area contributed by atoms with Gasteiger partial charge in [-0.1, -0.05) is 38.1 Å². The third-order valence-corrected chi connectivity index (χ3v) is 4.68. The van der Waals surface area contributed by atoms with Gasteiger partial charge in [-0.2, -0.15) is 0 Å². The van der Waals surface area contributed by atoms with Crippen molar-refractivity contribution in [1.82, 2.24) is 4.90 Å². The van der Waals surface area contributed by atoms with Gasteiger partial charge >= 0.3 is 0 Å². The van der Waals surface area contributed by atoms with Crippen molar-refractivity contribution in [3.63, 3.8) is 0 Å². The first-order valence-electron chi connectivity index (χ1n) is 9.06. The molecule has 0 spiro atoms.